The number of nitrogens with two attached hydrogens (primary N) is 2. The van der Waals surface area contributed by atoms with Crippen molar-refractivity contribution in [1.29, 1.82) is 0 Å². The molecule has 1 unspecified atom stereocenters. The Morgan fingerprint density at radius 3 is 2.65 bits per heavy atom. The second-order valence-electron chi connectivity index (χ2n) is 7.65. The Hall–Kier alpha value is -3.46. The largest absolute Gasteiger partial charge is 0.397 e. The third kappa shape index (κ3) is 4.36. The lowest BCUT2D eigenvalue weighted by Crippen LogP contribution is -2.27. The van der Waals surface area contributed by atoms with Gasteiger partial charge in [0, 0.05) is 30.1 Å². The van der Waals surface area contributed by atoms with E-state index >= 15 is 0 Å². The first-order chi connectivity index (χ1) is 14.9. The van der Waals surface area contributed by atoms with E-state index in [1.165, 1.54) is 12.3 Å². The van der Waals surface area contributed by atoms with E-state index in [1.54, 1.807) is 12.4 Å². The first kappa shape index (κ1) is 20.8. The van der Waals surface area contributed by atoms with Crippen molar-refractivity contribution in [2.75, 3.05) is 11.1 Å². The molecule has 0 aromatic carbocycles. The summed E-state index contributed by atoms with van der Waals surface area (Å²) in [6, 6.07) is 4.21. The Balaban J connectivity index is 1.66. The molecule has 1 saturated carbocycles. The fraction of sp³-hybridized carbons (Fsp3) is 0.273. The van der Waals surface area contributed by atoms with Crippen LogP contribution in [-0.4, -0.2) is 26.9 Å². The normalized spacial score (nSPS) is 18.5. The number of carbonyl (C=O) groups is 1. The highest BCUT2D eigenvalue weighted by molar-refractivity contribution is 6.06. The van der Waals surface area contributed by atoms with Gasteiger partial charge in [0.1, 0.15) is 5.69 Å². The lowest BCUT2D eigenvalue weighted by atomic mass is 9.81. The fourth-order valence-electron chi connectivity index (χ4n) is 4.00. The molecule has 3 aromatic heterocycles. The van der Waals surface area contributed by atoms with Gasteiger partial charge in [0.2, 0.25) is 0 Å². The molecule has 2 atom stereocenters. The molecule has 1 aliphatic carbocycles. The summed E-state index contributed by atoms with van der Waals surface area (Å²) in [5.41, 5.74) is 12.6. The maximum absolute atomic E-state index is 14.4. The minimum absolute atomic E-state index is 0.111. The van der Waals surface area contributed by atoms with Gasteiger partial charge in [-0.1, -0.05) is 6.42 Å². The number of pyridine rings is 3. The molecular formula is C22H22F2N6O. The number of nitrogen functional groups attached to an aromatic ring is 1. The summed E-state index contributed by atoms with van der Waals surface area (Å²) < 4.78 is 28.6. The number of carbonyl (C=O) groups excluding carboxylic acids is 1. The molecule has 0 bridgehead atoms. The minimum atomic E-state index is -0.836. The van der Waals surface area contributed by atoms with E-state index in [9.17, 15) is 13.6 Å². The van der Waals surface area contributed by atoms with Crippen molar-refractivity contribution in [2.24, 2.45) is 5.73 Å². The van der Waals surface area contributed by atoms with Crippen molar-refractivity contribution in [3.8, 4) is 11.3 Å². The molecule has 5 N–H and O–H groups in total. The van der Waals surface area contributed by atoms with Crippen molar-refractivity contribution in [1.82, 2.24) is 15.0 Å². The van der Waals surface area contributed by atoms with E-state index in [1.807, 2.05) is 6.07 Å². The van der Waals surface area contributed by atoms with Crippen molar-refractivity contribution >= 4 is 17.3 Å². The summed E-state index contributed by atoms with van der Waals surface area (Å²) in [7, 11) is 0. The molecule has 4 rings (SSSR count). The monoisotopic (exact) mass is 424 g/mol. The second-order valence-corrected chi connectivity index (χ2v) is 7.65. The fourth-order valence-corrected chi connectivity index (χ4v) is 4.00. The Bertz CT molecular complexity index is 1120. The summed E-state index contributed by atoms with van der Waals surface area (Å²) in [4.78, 5) is 24.8. The van der Waals surface area contributed by atoms with Crippen LogP contribution in [0.2, 0.25) is 0 Å². The number of nitrogens with one attached hydrogen (secondary N) is 1. The molecule has 7 nitrogen and oxygen atoms in total. The number of rotatable bonds is 4. The van der Waals surface area contributed by atoms with Crippen LogP contribution >= 0.6 is 0 Å². The Morgan fingerprint density at radius 1 is 1.10 bits per heavy atom. The number of hydrogen-bond donors (Lipinski definition) is 3. The molecule has 0 spiro atoms. The van der Waals surface area contributed by atoms with Crippen LogP contribution < -0.4 is 16.8 Å². The van der Waals surface area contributed by atoms with E-state index in [2.05, 4.69) is 20.3 Å². The van der Waals surface area contributed by atoms with Gasteiger partial charge in [-0.2, -0.15) is 0 Å². The first-order valence-corrected chi connectivity index (χ1v) is 10.0. The molecule has 0 aliphatic heterocycles. The Labute approximate surface area is 177 Å². The molecule has 1 aliphatic rings. The Kier molecular flexibility index (Phi) is 5.85. The Morgan fingerprint density at radius 2 is 1.87 bits per heavy atom. The zero-order valence-electron chi connectivity index (χ0n) is 16.7. The van der Waals surface area contributed by atoms with E-state index in [0.717, 1.165) is 43.5 Å². The summed E-state index contributed by atoms with van der Waals surface area (Å²) >= 11 is 0. The number of hydrogen-bond acceptors (Lipinski definition) is 6. The summed E-state index contributed by atoms with van der Waals surface area (Å²) in [6.07, 6.45) is 9.24. The van der Waals surface area contributed by atoms with Gasteiger partial charge in [-0.15, -0.1) is 0 Å². The van der Waals surface area contributed by atoms with Gasteiger partial charge in [0.05, 0.1) is 23.8 Å². The van der Waals surface area contributed by atoms with Gasteiger partial charge in [-0.05, 0) is 42.9 Å². The van der Waals surface area contributed by atoms with Gasteiger partial charge in [-0.25, -0.2) is 13.8 Å². The van der Waals surface area contributed by atoms with Crippen LogP contribution in [0.25, 0.3) is 11.3 Å². The first-order valence-electron chi connectivity index (χ1n) is 10.0. The summed E-state index contributed by atoms with van der Waals surface area (Å²) in [5.74, 6) is -2.03. The smallest absolute Gasteiger partial charge is 0.276 e. The van der Waals surface area contributed by atoms with Crippen molar-refractivity contribution < 1.29 is 13.6 Å². The molecule has 1 fully saturated rings. The molecule has 3 aromatic rings. The molecule has 0 saturated heterocycles. The standard InChI is InChI=1S/C22H22F2N6O/c23-16-9-18(26)21(30-20(16)15-5-7-27-10-17(15)24)22(31)29-19-11-28-6-4-14(19)12-2-1-3-13(25)8-12/h4-7,9-13H,1-3,8,25-26H2,(H,29,31)/t12?,13-/m0/s1. The van der Waals surface area contributed by atoms with Crippen LogP contribution in [-0.2, 0) is 0 Å². The lowest BCUT2D eigenvalue weighted by Gasteiger charge is -2.28. The van der Waals surface area contributed by atoms with Crippen LogP contribution in [0.1, 0.15) is 47.7 Å². The zero-order chi connectivity index (χ0) is 22.0. The van der Waals surface area contributed by atoms with Gasteiger partial charge < -0.3 is 16.8 Å². The van der Waals surface area contributed by atoms with E-state index in [-0.39, 0.29) is 34.6 Å². The van der Waals surface area contributed by atoms with Crippen LogP contribution in [0.3, 0.4) is 0 Å². The number of nitrogens with zero attached hydrogens (tertiary/aromatic N) is 3. The van der Waals surface area contributed by atoms with E-state index in [0.29, 0.717) is 5.69 Å². The quantitative estimate of drug-likeness (QED) is 0.588. The van der Waals surface area contributed by atoms with Gasteiger partial charge >= 0.3 is 0 Å². The molecular weight excluding hydrogens is 402 g/mol. The maximum atomic E-state index is 14.4. The second kappa shape index (κ2) is 8.73. The lowest BCUT2D eigenvalue weighted by molar-refractivity contribution is 0.102. The predicted molar refractivity (Wildman–Crippen MR) is 113 cm³/mol. The van der Waals surface area contributed by atoms with Crippen LogP contribution in [0.15, 0.2) is 43.0 Å². The topological polar surface area (TPSA) is 120 Å². The SMILES string of the molecule is Nc1cc(F)c(-c2ccncc2F)nc1C(=O)Nc1cnccc1C1CCC[C@H](N)C1. The highest BCUT2D eigenvalue weighted by Gasteiger charge is 2.25. The molecule has 160 valence electrons. The maximum Gasteiger partial charge on any atom is 0.276 e. The van der Waals surface area contributed by atoms with Crippen molar-refractivity contribution in [3.05, 3.63) is 65.9 Å². The number of amides is 1. The molecule has 1 amide bonds. The number of halogens is 2. The predicted octanol–water partition coefficient (Wildman–Crippen LogP) is 3.64. The average Bonchev–Trinajstić information content (AvgIpc) is 2.75. The number of aromatic nitrogens is 3. The molecule has 31 heavy (non-hydrogen) atoms. The van der Waals surface area contributed by atoms with Crippen LogP contribution in [0.5, 0.6) is 0 Å². The highest BCUT2D eigenvalue weighted by Crippen LogP contribution is 2.36. The van der Waals surface area contributed by atoms with E-state index in [4.69, 9.17) is 11.5 Å². The van der Waals surface area contributed by atoms with Gasteiger partial charge in [0.15, 0.2) is 17.3 Å². The van der Waals surface area contributed by atoms with Gasteiger partial charge in [0.25, 0.3) is 5.91 Å². The summed E-state index contributed by atoms with van der Waals surface area (Å²) in [5, 5.41) is 2.78. The molecule has 3 heterocycles. The molecule has 0 radical (unpaired) electrons. The average molecular weight is 424 g/mol. The minimum Gasteiger partial charge on any atom is -0.397 e. The van der Waals surface area contributed by atoms with E-state index < -0.39 is 17.5 Å². The zero-order valence-corrected chi connectivity index (χ0v) is 16.7. The third-order valence-electron chi connectivity index (χ3n) is 5.51. The van der Waals surface area contributed by atoms with Gasteiger partial charge in [-0.3, -0.25) is 14.8 Å². The third-order valence-corrected chi connectivity index (χ3v) is 5.51. The van der Waals surface area contributed by atoms with Crippen molar-refractivity contribution in [2.45, 2.75) is 37.6 Å². The number of anilines is 2. The summed E-state index contributed by atoms with van der Waals surface area (Å²) in [6.45, 7) is 0. The van der Waals surface area contributed by atoms with Crippen LogP contribution in [0.4, 0.5) is 20.2 Å². The highest BCUT2D eigenvalue weighted by atomic mass is 19.1. The molecule has 9 heteroatoms. The van der Waals surface area contributed by atoms with Crippen LogP contribution in [0, 0.1) is 11.6 Å². The van der Waals surface area contributed by atoms with Crippen molar-refractivity contribution in [3.63, 3.8) is 0 Å².